The summed E-state index contributed by atoms with van der Waals surface area (Å²) in [6.07, 6.45) is 5.10. The van der Waals surface area contributed by atoms with Crippen molar-refractivity contribution in [2.45, 2.75) is 43.5 Å². The van der Waals surface area contributed by atoms with Crippen molar-refractivity contribution in [1.82, 2.24) is 0 Å². The number of ether oxygens (including phenoxy) is 3. The fourth-order valence-electron chi connectivity index (χ4n) is 4.57. The number of aryl methyl sites for hydroxylation is 2. The normalized spacial score (nSPS) is 18.8. The Labute approximate surface area is 202 Å². The van der Waals surface area contributed by atoms with Gasteiger partial charge in [-0.05, 0) is 73.9 Å². The molecule has 2 aliphatic rings. The third-order valence-electron chi connectivity index (χ3n) is 6.63. The van der Waals surface area contributed by atoms with Crippen molar-refractivity contribution in [1.29, 1.82) is 0 Å². The van der Waals surface area contributed by atoms with E-state index in [1.807, 2.05) is 25.1 Å². The number of sulfonamides is 1. The zero-order chi connectivity index (χ0) is 24.3. The standard InChI is InChI=1S/C27H33NO5S/c1-5-23-9-8-22-7-6-19(2)16-26(22)28(23)34(29,30)24-10-11-27(25(17-24)20(3)31-4)33-18-21-12-14-32-15-13-21/h5-7,10-11,16-17,21,23H,1,3,8-9,12-15,18H2,2,4H3/t23-/m0/s1. The highest BCUT2D eigenvalue weighted by Crippen LogP contribution is 2.38. The molecule has 182 valence electrons. The summed E-state index contributed by atoms with van der Waals surface area (Å²) >= 11 is 0. The molecular weight excluding hydrogens is 450 g/mol. The topological polar surface area (TPSA) is 65.1 Å². The molecule has 0 aromatic heterocycles. The molecule has 2 heterocycles. The number of rotatable bonds is 8. The van der Waals surface area contributed by atoms with E-state index in [0.717, 1.165) is 43.6 Å². The SMILES string of the molecule is C=C[C@H]1CCc2ccc(C)cc2N1S(=O)(=O)c1ccc(OCC2CCOCC2)c(C(=C)OC)c1. The minimum absolute atomic E-state index is 0.167. The third-order valence-corrected chi connectivity index (χ3v) is 8.47. The summed E-state index contributed by atoms with van der Waals surface area (Å²) in [6.45, 7) is 11.9. The molecule has 2 aromatic rings. The van der Waals surface area contributed by atoms with Gasteiger partial charge in [-0.25, -0.2) is 8.42 Å². The van der Waals surface area contributed by atoms with E-state index in [4.69, 9.17) is 14.2 Å². The van der Waals surface area contributed by atoms with Gasteiger partial charge in [0.15, 0.2) is 0 Å². The number of benzene rings is 2. The van der Waals surface area contributed by atoms with Crippen molar-refractivity contribution in [3.63, 3.8) is 0 Å². The van der Waals surface area contributed by atoms with Crippen LogP contribution in [0.3, 0.4) is 0 Å². The van der Waals surface area contributed by atoms with Crippen LogP contribution < -0.4 is 9.04 Å². The Morgan fingerprint density at radius 3 is 2.65 bits per heavy atom. The Morgan fingerprint density at radius 1 is 1.18 bits per heavy atom. The van der Waals surface area contributed by atoms with Gasteiger partial charge in [-0.2, -0.15) is 0 Å². The lowest BCUT2D eigenvalue weighted by atomic mass is 9.97. The first-order valence-corrected chi connectivity index (χ1v) is 13.1. The number of methoxy groups -OCH3 is 1. The fourth-order valence-corrected chi connectivity index (χ4v) is 6.28. The molecule has 0 N–H and O–H groups in total. The maximum absolute atomic E-state index is 14.0. The van der Waals surface area contributed by atoms with Crippen LogP contribution >= 0.6 is 0 Å². The molecule has 1 fully saturated rings. The lowest BCUT2D eigenvalue weighted by Crippen LogP contribution is -2.42. The van der Waals surface area contributed by atoms with Crippen molar-refractivity contribution in [2.24, 2.45) is 5.92 Å². The number of fused-ring (bicyclic) bond motifs is 1. The van der Waals surface area contributed by atoms with Crippen LogP contribution in [0.2, 0.25) is 0 Å². The van der Waals surface area contributed by atoms with Gasteiger partial charge >= 0.3 is 0 Å². The molecule has 34 heavy (non-hydrogen) atoms. The molecule has 0 saturated carbocycles. The fraction of sp³-hybridized carbons (Fsp3) is 0.407. The second-order valence-electron chi connectivity index (χ2n) is 8.93. The van der Waals surface area contributed by atoms with Gasteiger partial charge in [-0.15, -0.1) is 6.58 Å². The van der Waals surface area contributed by atoms with Crippen LogP contribution in [0.4, 0.5) is 5.69 Å². The average molecular weight is 484 g/mol. The van der Waals surface area contributed by atoms with Crippen LogP contribution in [0, 0.1) is 12.8 Å². The molecule has 1 saturated heterocycles. The van der Waals surface area contributed by atoms with Gasteiger partial charge < -0.3 is 14.2 Å². The Hall–Kier alpha value is -2.77. The zero-order valence-electron chi connectivity index (χ0n) is 20.0. The van der Waals surface area contributed by atoms with Crippen molar-refractivity contribution in [2.75, 3.05) is 31.2 Å². The minimum Gasteiger partial charge on any atom is -0.497 e. The zero-order valence-corrected chi connectivity index (χ0v) is 20.8. The van der Waals surface area contributed by atoms with Gasteiger partial charge in [-0.3, -0.25) is 4.31 Å². The molecule has 0 unspecified atom stereocenters. The van der Waals surface area contributed by atoms with Crippen LogP contribution in [0.25, 0.3) is 5.76 Å². The molecule has 7 heteroatoms. The second-order valence-corrected chi connectivity index (χ2v) is 10.7. The van der Waals surface area contributed by atoms with Gasteiger partial charge in [0.1, 0.15) is 11.5 Å². The number of hydrogen-bond acceptors (Lipinski definition) is 5. The summed E-state index contributed by atoms with van der Waals surface area (Å²) in [6, 6.07) is 10.5. The highest BCUT2D eigenvalue weighted by molar-refractivity contribution is 7.92. The predicted molar refractivity (Wildman–Crippen MR) is 135 cm³/mol. The van der Waals surface area contributed by atoms with Gasteiger partial charge in [0.2, 0.25) is 0 Å². The van der Waals surface area contributed by atoms with Gasteiger partial charge in [-0.1, -0.05) is 24.8 Å². The largest absolute Gasteiger partial charge is 0.497 e. The molecule has 4 rings (SSSR count). The first-order valence-electron chi connectivity index (χ1n) is 11.7. The van der Waals surface area contributed by atoms with Gasteiger partial charge in [0.05, 0.1) is 35.9 Å². The number of hydrogen-bond donors (Lipinski definition) is 0. The van der Waals surface area contributed by atoms with E-state index in [9.17, 15) is 8.42 Å². The third kappa shape index (κ3) is 4.86. The summed E-state index contributed by atoms with van der Waals surface area (Å²) in [5, 5.41) is 0. The Kier molecular flexibility index (Phi) is 7.33. The summed E-state index contributed by atoms with van der Waals surface area (Å²) in [5.41, 5.74) is 3.27. The monoisotopic (exact) mass is 483 g/mol. The minimum atomic E-state index is -3.88. The summed E-state index contributed by atoms with van der Waals surface area (Å²) in [4.78, 5) is 0.167. The van der Waals surface area contributed by atoms with Crippen molar-refractivity contribution < 1.29 is 22.6 Å². The Balaban J connectivity index is 1.70. The van der Waals surface area contributed by atoms with E-state index in [0.29, 0.717) is 41.7 Å². The smallest absolute Gasteiger partial charge is 0.264 e. The molecule has 0 aliphatic carbocycles. The number of anilines is 1. The van der Waals surface area contributed by atoms with Crippen LogP contribution in [0.1, 0.15) is 36.0 Å². The van der Waals surface area contributed by atoms with E-state index >= 15 is 0 Å². The molecule has 0 spiro atoms. The first-order chi connectivity index (χ1) is 16.3. The Bertz CT molecular complexity index is 1170. The molecule has 0 bridgehead atoms. The lowest BCUT2D eigenvalue weighted by molar-refractivity contribution is 0.0496. The van der Waals surface area contributed by atoms with Crippen LogP contribution in [-0.2, 0) is 25.9 Å². The maximum Gasteiger partial charge on any atom is 0.264 e. The molecule has 2 aliphatic heterocycles. The van der Waals surface area contributed by atoms with Crippen molar-refractivity contribution in [3.05, 3.63) is 72.3 Å². The van der Waals surface area contributed by atoms with Crippen molar-refractivity contribution >= 4 is 21.5 Å². The highest BCUT2D eigenvalue weighted by Gasteiger charge is 2.35. The Morgan fingerprint density at radius 2 is 1.94 bits per heavy atom. The maximum atomic E-state index is 14.0. The van der Waals surface area contributed by atoms with Gasteiger partial charge in [0, 0.05) is 13.2 Å². The molecule has 6 nitrogen and oxygen atoms in total. The van der Waals surface area contributed by atoms with Gasteiger partial charge in [0.25, 0.3) is 10.0 Å². The van der Waals surface area contributed by atoms with Crippen molar-refractivity contribution in [3.8, 4) is 5.75 Å². The summed E-state index contributed by atoms with van der Waals surface area (Å²) < 4.78 is 46.3. The average Bonchev–Trinajstić information content (AvgIpc) is 2.86. The van der Waals surface area contributed by atoms with Crippen LogP contribution in [0.15, 0.2) is 60.5 Å². The van der Waals surface area contributed by atoms with E-state index < -0.39 is 10.0 Å². The first kappa shape index (κ1) is 24.4. The lowest BCUT2D eigenvalue weighted by Gasteiger charge is -2.36. The molecule has 1 atom stereocenters. The quantitative estimate of drug-likeness (QED) is 0.385. The van der Waals surface area contributed by atoms with E-state index in [1.54, 1.807) is 24.3 Å². The second kappa shape index (κ2) is 10.2. The summed E-state index contributed by atoms with van der Waals surface area (Å²) in [7, 11) is -2.36. The predicted octanol–water partition coefficient (Wildman–Crippen LogP) is 5.11. The molecule has 0 amide bonds. The van der Waals surface area contributed by atoms with E-state index in [2.05, 4.69) is 13.2 Å². The number of nitrogens with zero attached hydrogens (tertiary/aromatic N) is 1. The summed E-state index contributed by atoms with van der Waals surface area (Å²) in [5.74, 6) is 1.32. The highest BCUT2D eigenvalue weighted by atomic mass is 32.2. The van der Waals surface area contributed by atoms with E-state index in [1.165, 1.54) is 11.4 Å². The van der Waals surface area contributed by atoms with Crippen LogP contribution in [-0.4, -0.2) is 41.4 Å². The molecule has 2 aromatic carbocycles. The molecular formula is C27H33NO5S. The van der Waals surface area contributed by atoms with Crippen LogP contribution in [0.5, 0.6) is 5.75 Å². The van der Waals surface area contributed by atoms with E-state index in [-0.39, 0.29) is 10.9 Å². The molecule has 0 radical (unpaired) electrons.